The van der Waals surface area contributed by atoms with Crippen LogP contribution in [0.3, 0.4) is 0 Å². The van der Waals surface area contributed by atoms with Crippen LogP contribution in [0.1, 0.15) is 64.1 Å². The summed E-state index contributed by atoms with van der Waals surface area (Å²) in [5, 5.41) is 9.88. The number of carboxylic acid groups (broad SMARTS) is 1. The molecular formula is C20H17N3O7. The maximum Gasteiger partial charge on any atom is 0.336 e. The lowest BCUT2D eigenvalue weighted by Crippen LogP contribution is -2.31. The molecule has 0 aliphatic carbocycles. The number of rotatable bonds is 8. The summed E-state index contributed by atoms with van der Waals surface area (Å²) in [5.41, 5.74) is 14.4. The number of primary amides is 3. The first-order valence-electron chi connectivity index (χ1n) is 8.61. The summed E-state index contributed by atoms with van der Waals surface area (Å²) in [6, 6.07) is 6.17. The Morgan fingerprint density at radius 1 is 0.700 bits per heavy atom. The molecule has 2 aromatic heterocycles. The summed E-state index contributed by atoms with van der Waals surface area (Å²) in [7, 11) is 0. The molecule has 0 aliphatic heterocycles. The third-order valence-electron chi connectivity index (χ3n) is 4.52. The Morgan fingerprint density at radius 3 is 1.37 bits per heavy atom. The van der Waals surface area contributed by atoms with Crippen LogP contribution in [0.4, 0.5) is 0 Å². The van der Waals surface area contributed by atoms with E-state index in [9.17, 15) is 24.3 Å². The van der Waals surface area contributed by atoms with Gasteiger partial charge in [0.15, 0.2) is 0 Å². The molecule has 154 valence electrons. The number of furan rings is 2. The molecule has 30 heavy (non-hydrogen) atoms. The van der Waals surface area contributed by atoms with Gasteiger partial charge in [0.2, 0.25) is 17.7 Å². The third-order valence-corrected chi connectivity index (χ3v) is 4.52. The molecule has 0 spiro atoms. The topological polar surface area (TPSA) is 193 Å². The highest BCUT2D eigenvalue weighted by atomic mass is 16.4. The molecule has 7 N–H and O–H groups in total. The summed E-state index contributed by atoms with van der Waals surface area (Å²) >= 11 is 0. The molecule has 0 fully saturated rings. The summed E-state index contributed by atoms with van der Waals surface area (Å²) in [4.78, 5) is 49.2. The SMILES string of the molecule is NC(=O)c1c(Cc2ccco2)c(C(N)=O)c(C(=O)O)c(Cc2ccco2)c1C(N)=O. The maximum atomic E-state index is 12.3. The molecule has 0 atom stereocenters. The summed E-state index contributed by atoms with van der Waals surface area (Å²) in [6.45, 7) is 0. The zero-order chi connectivity index (χ0) is 22.0. The third kappa shape index (κ3) is 3.65. The van der Waals surface area contributed by atoms with Crippen molar-refractivity contribution in [2.45, 2.75) is 12.8 Å². The molecule has 1 aromatic carbocycles. The molecule has 0 aliphatic rings. The summed E-state index contributed by atoms with van der Waals surface area (Å²) < 4.78 is 10.5. The Bertz CT molecular complexity index is 1000. The van der Waals surface area contributed by atoms with Gasteiger partial charge in [0.25, 0.3) is 0 Å². The fourth-order valence-corrected chi connectivity index (χ4v) is 3.43. The number of carboxylic acids is 1. The van der Waals surface area contributed by atoms with Crippen molar-refractivity contribution in [3.05, 3.63) is 81.7 Å². The van der Waals surface area contributed by atoms with Crippen molar-refractivity contribution in [1.82, 2.24) is 0 Å². The van der Waals surface area contributed by atoms with E-state index in [1.54, 1.807) is 12.1 Å². The Kier molecular flexibility index (Phi) is 5.41. The average molecular weight is 411 g/mol. The van der Waals surface area contributed by atoms with Gasteiger partial charge in [-0.1, -0.05) is 0 Å². The Hall–Kier alpha value is -4.34. The molecule has 0 radical (unpaired) electrons. The molecule has 10 nitrogen and oxygen atoms in total. The lowest BCUT2D eigenvalue weighted by atomic mass is 9.82. The van der Waals surface area contributed by atoms with Gasteiger partial charge in [0.1, 0.15) is 11.5 Å². The molecule has 3 aromatic rings. The molecule has 3 rings (SSSR count). The minimum absolute atomic E-state index is 0.153. The lowest BCUT2D eigenvalue weighted by molar-refractivity contribution is 0.0690. The lowest BCUT2D eigenvalue weighted by Gasteiger charge is -2.20. The molecule has 0 saturated carbocycles. The fourth-order valence-electron chi connectivity index (χ4n) is 3.43. The van der Waals surface area contributed by atoms with Gasteiger partial charge >= 0.3 is 5.97 Å². The van der Waals surface area contributed by atoms with Crippen LogP contribution in [-0.2, 0) is 12.8 Å². The van der Waals surface area contributed by atoms with Crippen LogP contribution in [0.2, 0.25) is 0 Å². The van der Waals surface area contributed by atoms with E-state index in [0.717, 1.165) is 0 Å². The first kappa shape index (κ1) is 20.4. The van der Waals surface area contributed by atoms with Gasteiger partial charge in [-0.2, -0.15) is 0 Å². The summed E-state index contributed by atoms with van der Waals surface area (Å²) in [5.74, 6) is -4.28. The number of carbonyl (C=O) groups excluding carboxylic acids is 3. The zero-order valence-corrected chi connectivity index (χ0v) is 15.5. The fraction of sp³-hybridized carbons (Fsp3) is 0.100. The zero-order valence-electron chi connectivity index (χ0n) is 15.5. The predicted molar refractivity (Wildman–Crippen MR) is 102 cm³/mol. The van der Waals surface area contributed by atoms with E-state index >= 15 is 0 Å². The second kappa shape index (κ2) is 7.95. The van der Waals surface area contributed by atoms with Crippen molar-refractivity contribution in [1.29, 1.82) is 0 Å². The van der Waals surface area contributed by atoms with E-state index in [1.165, 1.54) is 24.7 Å². The number of nitrogens with two attached hydrogens (primary N) is 3. The van der Waals surface area contributed by atoms with Gasteiger partial charge in [-0.05, 0) is 35.4 Å². The van der Waals surface area contributed by atoms with Crippen LogP contribution < -0.4 is 17.2 Å². The van der Waals surface area contributed by atoms with E-state index < -0.39 is 40.4 Å². The highest BCUT2D eigenvalue weighted by molar-refractivity contribution is 6.15. The highest BCUT2D eigenvalue weighted by Gasteiger charge is 2.34. The minimum Gasteiger partial charge on any atom is -0.478 e. The van der Waals surface area contributed by atoms with Crippen molar-refractivity contribution in [3.8, 4) is 0 Å². The van der Waals surface area contributed by atoms with Crippen LogP contribution in [0.15, 0.2) is 45.6 Å². The highest BCUT2D eigenvalue weighted by Crippen LogP contribution is 2.32. The average Bonchev–Trinajstić information content (AvgIpc) is 3.34. The second-order valence-corrected chi connectivity index (χ2v) is 6.37. The molecule has 2 heterocycles. The van der Waals surface area contributed by atoms with Crippen LogP contribution in [0.5, 0.6) is 0 Å². The van der Waals surface area contributed by atoms with Gasteiger partial charge in [0.05, 0.1) is 34.8 Å². The van der Waals surface area contributed by atoms with Crippen molar-refractivity contribution >= 4 is 23.7 Å². The van der Waals surface area contributed by atoms with Gasteiger partial charge in [-0.3, -0.25) is 14.4 Å². The van der Waals surface area contributed by atoms with Crippen LogP contribution in [0, 0.1) is 0 Å². The molecular weight excluding hydrogens is 394 g/mol. The summed E-state index contributed by atoms with van der Waals surface area (Å²) in [6.07, 6.45) is 2.23. The molecule has 0 saturated heterocycles. The van der Waals surface area contributed by atoms with Crippen molar-refractivity contribution in [2.24, 2.45) is 17.2 Å². The number of aromatic carboxylic acids is 1. The predicted octanol–water partition coefficient (Wildman–Crippen LogP) is 1.05. The van der Waals surface area contributed by atoms with Gasteiger partial charge in [-0.15, -0.1) is 0 Å². The minimum atomic E-state index is -1.54. The smallest absolute Gasteiger partial charge is 0.336 e. The van der Waals surface area contributed by atoms with E-state index in [0.29, 0.717) is 0 Å². The normalized spacial score (nSPS) is 10.7. The van der Waals surface area contributed by atoms with Crippen molar-refractivity contribution in [3.63, 3.8) is 0 Å². The Morgan fingerprint density at radius 2 is 1.07 bits per heavy atom. The standard InChI is InChI=1S/C20H17N3O7/c21-17(24)13-11(7-9-3-1-5-29-9)15(19(23)26)16(20(27)28)12(14(13)18(22)25)8-10-4-2-6-30-10/h1-6H,7-8H2,(H2,21,24)(H2,22,25)(H2,23,26)(H,27,28). The molecule has 10 heteroatoms. The Labute approximate surface area is 169 Å². The van der Waals surface area contributed by atoms with E-state index in [2.05, 4.69) is 0 Å². The molecule has 0 unspecified atom stereocenters. The largest absolute Gasteiger partial charge is 0.478 e. The van der Waals surface area contributed by atoms with Crippen molar-refractivity contribution < 1.29 is 33.1 Å². The number of hydrogen-bond acceptors (Lipinski definition) is 6. The first-order valence-corrected chi connectivity index (χ1v) is 8.61. The number of amides is 3. The first-order chi connectivity index (χ1) is 14.2. The van der Waals surface area contributed by atoms with Gasteiger partial charge in [-0.25, -0.2) is 4.79 Å². The molecule has 3 amide bonds. The van der Waals surface area contributed by atoms with Crippen molar-refractivity contribution in [2.75, 3.05) is 0 Å². The van der Waals surface area contributed by atoms with Gasteiger partial charge < -0.3 is 31.1 Å². The van der Waals surface area contributed by atoms with Gasteiger partial charge in [0, 0.05) is 12.8 Å². The second-order valence-electron chi connectivity index (χ2n) is 6.37. The van der Waals surface area contributed by atoms with Crippen LogP contribution >= 0.6 is 0 Å². The molecule has 0 bridgehead atoms. The van der Waals surface area contributed by atoms with Crippen LogP contribution in [0.25, 0.3) is 0 Å². The quantitative estimate of drug-likeness (QED) is 0.425. The van der Waals surface area contributed by atoms with E-state index in [4.69, 9.17) is 26.0 Å². The van der Waals surface area contributed by atoms with Crippen LogP contribution in [-0.4, -0.2) is 28.8 Å². The number of hydrogen-bond donors (Lipinski definition) is 4. The monoisotopic (exact) mass is 411 g/mol. The number of benzene rings is 1. The maximum absolute atomic E-state index is 12.3. The van der Waals surface area contributed by atoms with E-state index in [-0.39, 0.29) is 41.1 Å². The number of carbonyl (C=O) groups is 4. The Balaban J connectivity index is 2.48. The van der Waals surface area contributed by atoms with E-state index in [1.807, 2.05) is 0 Å².